The van der Waals surface area contributed by atoms with Gasteiger partial charge >= 0.3 is 0 Å². The minimum absolute atomic E-state index is 0.0536. The molecule has 6 atom stereocenters. The number of hydrogen-bond acceptors (Lipinski definition) is 5. The number of aryl methyl sites for hydroxylation is 1. The number of allylic oxidation sites excluding steroid dienone is 2. The fourth-order valence-electron chi connectivity index (χ4n) is 9.32. The lowest BCUT2D eigenvalue weighted by molar-refractivity contribution is -0.140. The van der Waals surface area contributed by atoms with Crippen LogP contribution in [0.3, 0.4) is 0 Å². The minimum atomic E-state index is -1.13. The Bertz CT molecular complexity index is 1760. The largest absolute Gasteiger partial charge is 0.274 e. The zero-order valence-electron chi connectivity index (χ0n) is 23.6. The van der Waals surface area contributed by atoms with Gasteiger partial charge in [-0.05, 0) is 66.0 Å². The van der Waals surface area contributed by atoms with Gasteiger partial charge in [0.15, 0.2) is 0 Å². The number of benzene rings is 3. The van der Waals surface area contributed by atoms with Gasteiger partial charge in [0.25, 0.3) is 11.8 Å². The highest BCUT2D eigenvalue weighted by Gasteiger charge is 2.68. The van der Waals surface area contributed by atoms with E-state index in [4.69, 9.17) is 5.10 Å². The van der Waals surface area contributed by atoms with Gasteiger partial charge in [-0.25, -0.2) is 4.90 Å². The highest BCUT2D eigenvalue weighted by molar-refractivity contribution is 6.25. The molecule has 3 aromatic carbocycles. The van der Waals surface area contributed by atoms with E-state index >= 15 is 0 Å². The number of fused-ring (bicyclic) bond motifs is 1. The Labute approximate surface area is 248 Å². The van der Waals surface area contributed by atoms with Crippen LogP contribution < -0.4 is 4.90 Å². The smallest absolute Gasteiger partial charge is 0.254 e. The molecule has 3 fully saturated rings. The molecule has 7 nitrogen and oxygen atoms in total. The summed E-state index contributed by atoms with van der Waals surface area (Å²) in [5.74, 6) is -3.40. The Morgan fingerprint density at radius 3 is 1.81 bits per heavy atom. The standard InChI is InChI=1S/C36H29N3O4/c1-19-10-16-22(17-11-19)38-32(40)30-29-23-6-2-4-8-25(23)36(31(30)35(38)43,26-9-5-3-7-24(26)29)18-37-39-33(41)27-20-12-13-21(15-14-20)28(27)34(39)42/h2-13,16-18,20-21,27-31H,14-15H2,1H3/b37-18-/t20-,21-,27-,28+,29?,30+,31+,36?/m0/s1. The molecule has 7 heteroatoms. The van der Waals surface area contributed by atoms with Gasteiger partial charge in [-0.15, -0.1) is 0 Å². The first kappa shape index (κ1) is 24.9. The summed E-state index contributed by atoms with van der Waals surface area (Å²) in [6.45, 7) is 1.97. The first-order valence-electron chi connectivity index (χ1n) is 15.2. The van der Waals surface area contributed by atoms with Crippen molar-refractivity contribution in [3.63, 3.8) is 0 Å². The molecular weight excluding hydrogens is 538 g/mol. The number of amides is 4. The average Bonchev–Trinajstić information content (AvgIpc) is 3.47. The number of imide groups is 2. The number of rotatable bonds is 3. The highest BCUT2D eigenvalue weighted by atomic mass is 16.2. The van der Waals surface area contributed by atoms with E-state index in [0.717, 1.165) is 45.7 Å². The maximum absolute atomic E-state index is 14.6. The fourth-order valence-corrected chi connectivity index (χ4v) is 9.32. The number of hydrazone groups is 1. The summed E-state index contributed by atoms with van der Waals surface area (Å²) in [5, 5.41) is 5.80. The van der Waals surface area contributed by atoms with Crippen molar-refractivity contribution >= 4 is 35.5 Å². The summed E-state index contributed by atoms with van der Waals surface area (Å²) in [5.41, 5.74) is 4.21. The van der Waals surface area contributed by atoms with Gasteiger partial charge in [0.2, 0.25) is 11.8 Å². The summed E-state index contributed by atoms with van der Waals surface area (Å²) in [6, 6.07) is 23.3. The summed E-state index contributed by atoms with van der Waals surface area (Å²) in [6.07, 6.45) is 7.65. The van der Waals surface area contributed by atoms with E-state index in [-0.39, 0.29) is 53.2 Å². The lowest BCUT2D eigenvalue weighted by Gasteiger charge is -2.52. The van der Waals surface area contributed by atoms with E-state index in [1.54, 1.807) is 6.21 Å². The predicted octanol–water partition coefficient (Wildman–Crippen LogP) is 4.73. The summed E-state index contributed by atoms with van der Waals surface area (Å²) < 4.78 is 0. The Hall–Kier alpha value is -4.65. The van der Waals surface area contributed by atoms with Crippen LogP contribution in [0.5, 0.6) is 0 Å². The van der Waals surface area contributed by atoms with Gasteiger partial charge in [0.05, 0.1) is 34.8 Å². The first-order chi connectivity index (χ1) is 20.9. The average molecular weight is 568 g/mol. The molecule has 2 aliphatic heterocycles. The molecule has 212 valence electrons. The summed E-state index contributed by atoms with van der Waals surface area (Å²) >= 11 is 0. The molecule has 2 saturated heterocycles. The molecule has 0 aromatic heterocycles. The van der Waals surface area contributed by atoms with Crippen molar-refractivity contribution in [1.29, 1.82) is 0 Å². The third kappa shape index (κ3) is 2.97. The first-order valence-corrected chi connectivity index (χ1v) is 15.2. The van der Waals surface area contributed by atoms with E-state index in [1.807, 2.05) is 79.7 Å². The third-order valence-electron chi connectivity index (χ3n) is 11.1. The molecule has 43 heavy (non-hydrogen) atoms. The predicted molar refractivity (Wildman–Crippen MR) is 159 cm³/mol. The van der Waals surface area contributed by atoms with Crippen LogP contribution in [0.25, 0.3) is 0 Å². The van der Waals surface area contributed by atoms with Crippen LogP contribution in [0.4, 0.5) is 5.69 Å². The normalized spacial score (nSPS) is 34.7. The maximum Gasteiger partial charge on any atom is 0.254 e. The quantitative estimate of drug-likeness (QED) is 0.260. The van der Waals surface area contributed by atoms with E-state index in [1.165, 1.54) is 4.90 Å². The lowest BCUT2D eigenvalue weighted by Crippen LogP contribution is -2.55. The molecule has 6 aliphatic carbocycles. The molecule has 3 aromatic rings. The molecule has 11 rings (SSSR count). The monoisotopic (exact) mass is 567 g/mol. The third-order valence-corrected chi connectivity index (χ3v) is 11.1. The lowest BCUT2D eigenvalue weighted by atomic mass is 9.47. The number of hydrogen-bond donors (Lipinski definition) is 0. The number of carbonyl (C=O) groups excluding carboxylic acids is 4. The zero-order valence-corrected chi connectivity index (χ0v) is 23.6. The topological polar surface area (TPSA) is 87.1 Å². The van der Waals surface area contributed by atoms with Gasteiger partial charge in [-0.1, -0.05) is 78.4 Å². The van der Waals surface area contributed by atoms with Crippen LogP contribution in [0.2, 0.25) is 0 Å². The molecule has 2 heterocycles. The van der Waals surface area contributed by atoms with E-state index in [2.05, 4.69) is 12.2 Å². The molecular formula is C36H29N3O4. The molecule has 0 spiro atoms. The van der Waals surface area contributed by atoms with Crippen molar-refractivity contribution in [3.8, 4) is 0 Å². The SMILES string of the molecule is Cc1ccc(N2C(=O)[C@@H]3C4c5ccccc5C(/C=N\N5C(=O)[C@@H]6[C@H](C5=O)[C@H]5C=C[C@H]6CC5)(c5ccccc54)[C@H]3C2=O)cc1. The second kappa shape index (κ2) is 8.47. The van der Waals surface area contributed by atoms with Crippen LogP contribution in [-0.2, 0) is 24.6 Å². The molecule has 0 radical (unpaired) electrons. The number of anilines is 1. The molecule has 1 saturated carbocycles. The van der Waals surface area contributed by atoms with Gasteiger partial charge in [-0.2, -0.15) is 10.1 Å². The molecule has 0 unspecified atom stereocenters. The van der Waals surface area contributed by atoms with Crippen molar-refractivity contribution in [2.75, 3.05) is 4.90 Å². The zero-order chi connectivity index (χ0) is 29.2. The number of nitrogens with zero attached hydrogens (tertiary/aromatic N) is 3. The van der Waals surface area contributed by atoms with Crippen LogP contribution >= 0.6 is 0 Å². The Morgan fingerprint density at radius 1 is 0.698 bits per heavy atom. The van der Waals surface area contributed by atoms with E-state index in [0.29, 0.717) is 5.69 Å². The van der Waals surface area contributed by atoms with Gasteiger partial charge < -0.3 is 0 Å². The second-order valence-corrected chi connectivity index (χ2v) is 12.9. The van der Waals surface area contributed by atoms with E-state index < -0.39 is 17.3 Å². The van der Waals surface area contributed by atoms with Crippen LogP contribution in [-0.4, -0.2) is 34.9 Å². The Kier molecular flexibility index (Phi) is 4.90. The van der Waals surface area contributed by atoms with Crippen LogP contribution in [0.15, 0.2) is 90.0 Å². The van der Waals surface area contributed by atoms with Crippen molar-refractivity contribution in [2.45, 2.75) is 31.1 Å². The summed E-state index contributed by atoms with van der Waals surface area (Å²) in [7, 11) is 0. The minimum Gasteiger partial charge on any atom is -0.274 e. The fraction of sp³-hybridized carbons (Fsp3) is 0.306. The number of carbonyl (C=O) groups is 4. The van der Waals surface area contributed by atoms with Crippen molar-refractivity contribution in [3.05, 3.63) is 113 Å². The highest BCUT2D eigenvalue weighted by Crippen LogP contribution is 2.64. The molecule has 4 amide bonds. The Balaban J connectivity index is 1.24. The van der Waals surface area contributed by atoms with Crippen LogP contribution in [0, 0.1) is 42.4 Å². The summed E-state index contributed by atoms with van der Waals surface area (Å²) in [4.78, 5) is 57.7. The molecule has 0 N–H and O–H groups in total. The maximum atomic E-state index is 14.6. The van der Waals surface area contributed by atoms with Gasteiger partial charge in [0.1, 0.15) is 0 Å². The molecule has 4 bridgehead atoms. The Morgan fingerprint density at radius 2 is 1.26 bits per heavy atom. The second-order valence-electron chi connectivity index (χ2n) is 12.9. The molecule has 8 aliphatic rings. The van der Waals surface area contributed by atoms with Crippen molar-refractivity contribution in [1.82, 2.24) is 5.01 Å². The van der Waals surface area contributed by atoms with Crippen LogP contribution in [0.1, 0.15) is 46.6 Å². The van der Waals surface area contributed by atoms with E-state index in [9.17, 15) is 19.2 Å². The van der Waals surface area contributed by atoms with Crippen molar-refractivity contribution in [2.24, 2.45) is 40.6 Å². The van der Waals surface area contributed by atoms with Gasteiger partial charge in [-0.3, -0.25) is 19.2 Å². The van der Waals surface area contributed by atoms with Crippen molar-refractivity contribution < 1.29 is 19.2 Å². The van der Waals surface area contributed by atoms with Gasteiger partial charge in [0, 0.05) is 12.1 Å².